The Balaban J connectivity index is -0.000000180. The molecule has 0 aliphatic heterocycles. The molecule has 0 unspecified atom stereocenters. The van der Waals surface area contributed by atoms with Crippen LogP contribution in [0, 0.1) is 0 Å². The van der Waals surface area contributed by atoms with Gasteiger partial charge in [0.25, 0.3) is 0 Å². The number of rotatable bonds is 2. The molecule has 0 aliphatic rings. The second kappa shape index (κ2) is 7.66. The average molecular weight is 130 g/mol. The van der Waals surface area contributed by atoms with Gasteiger partial charge >= 0.3 is 18.9 Å². The molecule has 0 heterocycles. The number of carboxylic acid groups (broad SMARTS) is 1. The molecule has 0 aliphatic carbocycles. The Labute approximate surface area is 63.2 Å². The Morgan fingerprint density at radius 3 is 1.78 bits per heavy atom. The molecular formula is C3H5LiO5. The minimum atomic E-state index is -1.84. The van der Waals surface area contributed by atoms with Crippen molar-refractivity contribution in [2.24, 2.45) is 0 Å². The number of aliphatic hydroxyl groups excluding tert-OH is 1. The van der Waals surface area contributed by atoms with E-state index in [0.29, 0.717) is 0 Å². The van der Waals surface area contributed by atoms with Gasteiger partial charge in [-0.3, -0.25) is 4.79 Å². The van der Waals surface area contributed by atoms with Crippen LogP contribution in [0.15, 0.2) is 0 Å². The standard InChI is InChI=1S/C3H4O4.Li.H2O/c4-1-2(5)3(6)7;;/h4H,1H2,(H,6,7);;1H2/q;+1;/p-1/i1+1,2+1;;. The number of aliphatic hydroxyl groups is 1. The Morgan fingerprint density at radius 1 is 1.44 bits per heavy atom. The Morgan fingerprint density at radius 2 is 1.78 bits per heavy atom. The molecule has 0 aromatic carbocycles. The molecule has 0 radical (unpaired) electrons. The second-order valence-electron chi connectivity index (χ2n) is 0.869. The number of carbonyl (C=O) groups excluding carboxylic acids is 2. The molecule has 0 bridgehead atoms. The monoisotopic (exact) mass is 130 g/mol. The summed E-state index contributed by atoms with van der Waals surface area (Å²) in [6.45, 7) is -0.984. The van der Waals surface area contributed by atoms with Gasteiger partial charge in [0.1, 0.15) is 12.6 Å². The van der Waals surface area contributed by atoms with E-state index < -0.39 is 18.4 Å². The number of ketones is 1. The molecule has 0 atom stereocenters. The van der Waals surface area contributed by atoms with Crippen LogP contribution in [0.2, 0.25) is 0 Å². The summed E-state index contributed by atoms with van der Waals surface area (Å²) in [7, 11) is 0. The summed E-state index contributed by atoms with van der Waals surface area (Å²) >= 11 is 0. The van der Waals surface area contributed by atoms with Gasteiger partial charge in [-0.1, -0.05) is 0 Å². The quantitative estimate of drug-likeness (QED) is 0.227. The van der Waals surface area contributed by atoms with Crippen LogP contribution in [0.4, 0.5) is 0 Å². The van der Waals surface area contributed by atoms with Crippen LogP contribution in [0.5, 0.6) is 0 Å². The Hall–Kier alpha value is -0.343. The van der Waals surface area contributed by atoms with Gasteiger partial charge in [-0.2, -0.15) is 0 Å². The van der Waals surface area contributed by atoms with E-state index in [1.54, 1.807) is 0 Å². The van der Waals surface area contributed by atoms with Crippen LogP contribution in [0.3, 0.4) is 0 Å². The maximum absolute atomic E-state index is 9.60. The van der Waals surface area contributed by atoms with Crippen molar-refractivity contribution in [1.82, 2.24) is 0 Å². The van der Waals surface area contributed by atoms with Crippen LogP contribution in [-0.2, 0) is 9.59 Å². The average Bonchev–Trinajstić information content (AvgIpc) is 1.65. The predicted molar refractivity (Wildman–Crippen MR) is 20.7 cm³/mol. The summed E-state index contributed by atoms with van der Waals surface area (Å²) in [5.74, 6) is -3.14. The largest absolute Gasteiger partial charge is 1.00 e. The van der Waals surface area contributed by atoms with Gasteiger partial charge in [-0.05, 0) is 0 Å². The maximum Gasteiger partial charge on any atom is 1.00 e. The van der Waals surface area contributed by atoms with Crippen LogP contribution >= 0.6 is 0 Å². The zero-order valence-electron chi connectivity index (χ0n) is 4.88. The molecule has 0 saturated carbocycles. The van der Waals surface area contributed by atoms with Gasteiger partial charge in [0.05, 0.1) is 0 Å². The van der Waals surface area contributed by atoms with Crippen molar-refractivity contribution >= 4 is 11.8 Å². The smallest absolute Gasteiger partial charge is 0.542 e. The zero-order chi connectivity index (χ0) is 5.86. The van der Waals surface area contributed by atoms with E-state index in [1.165, 1.54) is 0 Å². The molecule has 0 spiro atoms. The molecule has 6 heteroatoms. The van der Waals surface area contributed by atoms with Gasteiger partial charge in [0.15, 0.2) is 0 Å². The van der Waals surface area contributed by atoms with E-state index in [2.05, 4.69) is 0 Å². The third kappa shape index (κ3) is 7.66. The summed E-state index contributed by atoms with van der Waals surface area (Å²) in [5.41, 5.74) is 0. The van der Waals surface area contributed by atoms with Crippen molar-refractivity contribution in [2.45, 2.75) is 0 Å². The van der Waals surface area contributed by atoms with E-state index in [1.807, 2.05) is 0 Å². The van der Waals surface area contributed by atoms with Gasteiger partial charge < -0.3 is 20.5 Å². The van der Waals surface area contributed by atoms with Crippen molar-refractivity contribution in [3.63, 3.8) is 0 Å². The Kier molecular flexibility index (Phi) is 13.5. The molecule has 0 amide bonds. The zero-order valence-corrected chi connectivity index (χ0v) is 4.88. The molecule has 48 valence electrons. The second-order valence-corrected chi connectivity index (χ2v) is 0.869. The van der Waals surface area contributed by atoms with Crippen LogP contribution in [0.25, 0.3) is 0 Å². The van der Waals surface area contributed by atoms with Crippen molar-refractivity contribution in [2.75, 3.05) is 6.61 Å². The van der Waals surface area contributed by atoms with E-state index in [9.17, 15) is 14.7 Å². The molecular weight excluding hydrogens is 125 g/mol. The molecule has 0 fully saturated rings. The van der Waals surface area contributed by atoms with E-state index in [-0.39, 0.29) is 24.3 Å². The van der Waals surface area contributed by atoms with E-state index >= 15 is 0 Å². The molecule has 0 aromatic rings. The van der Waals surface area contributed by atoms with E-state index in [0.717, 1.165) is 0 Å². The maximum atomic E-state index is 9.60. The van der Waals surface area contributed by atoms with Crippen molar-refractivity contribution < 1.29 is 44.1 Å². The fourth-order valence-corrected chi connectivity index (χ4v) is 0.0645. The van der Waals surface area contributed by atoms with Crippen molar-refractivity contribution in [3.05, 3.63) is 0 Å². The number of Topliss-reactive ketones (excluding diaryl/α,β-unsaturated/α-hetero) is 1. The number of hydrogen-bond acceptors (Lipinski definition) is 4. The molecule has 0 saturated heterocycles. The summed E-state index contributed by atoms with van der Waals surface area (Å²) in [5, 5.41) is 17.0. The minimum Gasteiger partial charge on any atom is -0.542 e. The first kappa shape index (κ1) is 15.9. The van der Waals surface area contributed by atoms with Gasteiger partial charge in [-0.25, -0.2) is 0 Å². The third-order valence-corrected chi connectivity index (χ3v) is 0.371. The van der Waals surface area contributed by atoms with Crippen LogP contribution in [0.1, 0.15) is 0 Å². The topological polar surface area (TPSA) is 109 Å². The minimum absolute atomic E-state index is 0. The molecule has 9 heavy (non-hydrogen) atoms. The first-order valence-electron chi connectivity index (χ1n) is 1.53. The molecule has 0 aromatic heterocycles. The summed E-state index contributed by atoms with van der Waals surface area (Å²) < 4.78 is 0. The first-order chi connectivity index (χ1) is 3.18. The SMILES string of the molecule is O.O=C([O-])[13C](=O)[13CH2]O.[Li+]. The fourth-order valence-electron chi connectivity index (χ4n) is 0.0645. The van der Waals surface area contributed by atoms with Gasteiger partial charge in [-0.15, -0.1) is 0 Å². The van der Waals surface area contributed by atoms with Crippen molar-refractivity contribution in [3.8, 4) is 0 Å². The number of hydrogen-bond donors (Lipinski definition) is 1. The molecule has 3 N–H and O–H groups in total. The summed E-state index contributed by atoms with van der Waals surface area (Å²) in [6.07, 6.45) is 0. The predicted octanol–water partition coefficient (Wildman–Crippen LogP) is -6.52. The van der Waals surface area contributed by atoms with Gasteiger partial charge in [0.2, 0.25) is 5.78 Å². The summed E-state index contributed by atoms with van der Waals surface area (Å²) in [4.78, 5) is 18.9. The third-order valence-electron chi connectivity index (χ3n) is 0.371. The Bertz CT molecular complexity index is 100. The number of carboxylic acids is 1. The summed E-state index contributed by atoms with van der Waals surface area (Å²) in [6, 6.07) is 0. The van der Waals surface area contributed by atoms with E-state index in [4.69, 9.17) is 5.11 Å². The molecule has 0 rings (SSSR count). The van der Waals surface area contributed by atoms with Crippen molar-refractivity contribution in [1.29, 1.82) is 0 Å². The first-order valence-corrected chi connectivity index (χ1v) is 1.53. The van der Waals surface area contributed by atoms with Gasteiger partial charge in [0, 0.05) is 0 Å². The normalized spacial score (nSPS) is 6.33. The number of carbonyl (C=O) groups is 2. The van der Waals surface area contributed by atoms with Crippen LogP contribution in [-0.4, -0.2) is 28.9 Å². The number of aliphatic carboxylic acids is 1. The van der Waals surface area contributed by atoms with Crippen LogP contribution < -0.4 is 24.0 Å². The molecule has 5 nitrogen and oxygen atoms in total. The fraction of sp³-hybridized carbons (Fsp3) is 0.333.